The average Bonchev–Trinajstić information content (AvgIpc) is 2.83. The van der Waals surface area contributed by atoms with Crippen molar-refractivity contribution in [2.75, 3.05) is 36.4 Å². The van der Waals surface area contributed by atoms with Crippen LogP contribution in [0.4, 0.5) is 15.8 Å². The molecule has 2 amide bonds. The first-order chi connectivity index (χ1) is 16.0. The summed E-state index contributed by atoms with van der Waals surface area (Å²) >= 11 is 6.17. The molecule has 33 heavy (non-hydrogen) atoms. The number of hydrogen-bond acceptors (Lipinski definition) is 3. The van der Waals surface area contributed by atoms with E-state index in [4.69, 9.17) is 11.6 Å². The highest BCUT2D eigenvalue weighted by Crippen LogP contribution is 2.30. The van der Waals surface area contributed by atoms with E-state index in [-0.39, 0.29) is 11.5 Å². The minimum atomic E-state index is -0.476. The van der Waals surface area contributed by atoms with Crippen LogP contribution in [0.3, 0.4) is 0 Å². The van der Waals surface area contributed by atoms with Crippen molar-refractivity contribution >= 4 is 40.9 Å². The van der Waals surface area contributed by atoms with Crippen LogP contribution < -0.4 is 10.2 Å². The molecule has 0 aromatic heterocycles. The molecule has 1 saturated heterocycles. The van der Waals surface area contributed by atoms with Crippen LogP contribution in [0.1, 0.15) is 15.9 Å². The number of carbonyl (C=O) groups excluding carboxylic acids is 2. The summed E-state index contributed by atoms with van der Waals surface area (Å²) in [7, 11) is 0. The highest BCUT2D eigenvalue weighted by Gasteiger charge is 2.22. The van der Waals surface area contributed by atoms with Crippen molar-refractivity contribution in [2.24, 2.45) is 0 Å². The molecule has 4 rings (SSSR count). The maximum atomic E-state index is 13.5. The Bertz CT molecular complexity index is 1180. The number of carbonyl (C=O) groups is 2. The van der Waals surface area contributed by atoms with Gasteiger partial charge in [-0.25, -0.2) is 4.39 Å². The number of rotatable bonds is 5. The molecule has 7 heteroatoms. The molecule has 0 spiro atoms. The van der Waals surface area contributed by atoms with Crippen LogP contribution in [0.5, 0.6) is 0 Å². The molecular formula is C26H23ClFN3O2. The van der Waals surface area contributed by atoms with Gasteiger partial charge in [0.2, 0.25) is 5.91 Å². The van der Waals surface area contributed by atoms with Gasteiger partial charge in [0.05, 0.1) is 11.4 Å². The smallest absolute Gasteiger partial charge is 0.255 e. The number of hydrogen-bond donors (Lipinski definition) is 1. The third-order valence-electron chi connectivity index (χ3n) is 5.44. The summed E-state index contributed by atoms with van der Waals surface area (Å²) in [5, 5.41) is 3.32. The molecule has 3 aromatic carbocycles. The van der Waals surface area contributed by atoms with Crippen molar-refractivity contribution in [1.29, 1.82) is 0 Å². The summed E-state index contributed by atoms with van der Waals surface area (Å²) in [5.41, 5.74) is 2.54. The van der Waals surface area contributed by atoms with Crippen molar-refractivity contribution in [3.8, 4) is 0 Å². The number of nitrogens with zero attached hydrogens (tertiary/aromatic N) is 2. The zero-order chi connectivity index (χ0) is 23.2. The second kappa shape index (κ2) is 10.3. The third-order valence-corrected chi connectivity index (χ3v) is 5.68. The van der Waals surface area contributed by atoms with Gasteiger partial charge in [0.1, 0.15) is 5.82 Å². The maximum absolute atomic E-state index is 13.5. The minimum Gasteiger partial charge on any atom is -0.366 e. The normalized spacial score (nSPS) is 13.9. The molecule has 3 aromatic rings. The van der Waals surface area contributed by atoms with Crippen molar-refractivity contribution in [2.45, 2.75) is 0 Å². The highest BCUT2D eigenvalue weighted by molar-refractivity contribution is 6.31. The zero-order valence-electron chi connectivity index (χ0n) is 17.9. The fourth-order valence-corrected chi connectivity index (χ4v) is 3.89. The van der Waals surface area contributed by atoms with E-state index in [1.807, 2.05) is 42.5 Å². The molecule has 0 bridgehead atoms. The molecule has 168 valence electrons. The van der Waals surface area contributed by atoms with Gasteiger partial charge < -0.3 is 15.1 Å². The summed E-state index contributed by atoms with van der Waals surface area (Å²) in [6.45, 7) is 2.32. The van der Waals surface area contributed by atoms with E-state index in [2.05, 4.69) is 10.2 Å². The lowest BCUT2D eigenvalue weighted by molar-refractivity contribution is -0.126. The molecule has 1 aliphatic rings. The van der Waals surface area contributed by atoms with Gasteiger partial charge in [-0.15, -0.1) is 0 Å². The number of amides is 2. The van der Waals surface area contributed by atoms with Gasteiger partial charge in [-0.05, 0) is 48.0 Å². The van der Waals surface area contributed by atoms with Gasteiger partial charge in [0.15, 0.2) is 0 Å². The second-order valence-corrected chi connectivity index (χ2v) is 8.12. The average molecular weight is 464 g/mol. The van der Waals surface area contributed by atoms with Crippen LogP contribution in [0, 0.1) is 5.82 Å². The van der Waals surface area contributed by atoms with Gasteiger partial charge >= 0.3 is 0 Å². The Balaban J connectivity index is 1.42. The van der Waals surface area contributed by atoms with Gasteiger partial charge in [-0.3, -0.25) is 9.59 Å². The van der Waals surface area contributed by atoms with Crippen molar-refractivity contribution in [3.63, 3.8) is 0 Å². The Kier molecular flexibility index (Phi) is 7.05. The van der Waals surface area contributed by atoms with Crippen molar-refractivity contribution in [1.82, 2.24) is 4.90 Å². The van der Waals surface area contributed by atoms with E-state index in [1.54, 1.807) is 29.2 Å². The number of benzene rings is 3. The molecule has 1 aliphatic heterocycles. The predicted octanol–water partition coefficient (Wildman–Crippen LogP) is 5.09. The molecular weight excluding hydrogens is 441 g/mol. The monoisotopic (exact) mass is 463 g/mol. The van der Waals surface area contributed by atoms with E-state index < -0.39 is 11.7 Å². The molecule has 1 heterocycles. The van der Waals surface area contributed by atoms with Gasteiger partial charge in [-0.2, -0.15) is 0 Å². The van der Waals surface area contributed by atoms with Crippen LogP contribution in [0.15, 0.2) is 78.9 Å². The maximum Gasteiger partial charge on any atom is 0.255 e. The van der Waals surface area contributed by atoms with E-state index in [9.17, 15) is 14.0 Å². The SMILES string of the molecule is O=C(Nc1cc(Cl)ccc1N1CCN(C(=O)/C=C/c2ccccc2)CC1)c1cccc(F)c1. The van der Waals surface area contributed by atoms with Gasteiger partial charge in [0.25, 0.3) is 5.91 Å². The van der Waals surface area contributed by atoms with Crippen LogP contribution >= 0.6 is 11.6 Å². The lowest BCUT2D eigenvalue weighted by atomic mass is 10.1. The van der Waals surface area contributed by atoms with Gasteiger partial charge in [0, 0.05) is 42.8 Å². The second-order valence-electron chi connectivity index (χ2n) is 7.68. The third kappa shape index (κ3) is 5.79. The van der Waals surface area contributed by atoms with E-state index in [0.29, 0.717) is 36.9 Å². The first kappa shape index (κ1) is 22.6. The van der Waals surface area contributed by atoms with Crippen LogP contribution in [-0.2, 0) is 4.79 Å². The molecule has 0 atom stereocenters. The largest absolute Gasteiger partial charge is 0.366 e. The Labute approximate surface area is 197 Å². The summed E-state index contributed by atoms with van der Waals surface area (Å²) in [4.78, 5) is 29.1. The topological polar surface area (TPSA) is 52.7 Å². The number of piperazine rings is 1. The zero-order valence-corrected chi connectivity index (χ0v) is 18.6. The molecule has 0 aliphatic carbocycles. The molecule has 0 saturated carbocycles. The van der Waals surface area contributed by atoms with E-state index in [0.717, 1.165) is 11.3 Å². The summed E-state index contributed by atoms with van der Waals surface area (Å²) in [6.07, 6.45) is 3.41. The van der Waals surface area contributed by atoms with Crippen LogP contribution in [0.25, 0.3) is 6.08 Å². The predicted molar refractivity (Wildman–Crippen MR) is 130 cm³/mol. The molecule has 0 radical (unpaired) electrons. The van der Waals surface area contributed by atoms with E-state index >= 15 is 0 Å². The molecule has 1 N–H and O–H groups in total. The number of anilines is 2. The fourth-order valence-electron chi connectivity index (χ4n) is 3.71. The molecule has 5 nitrogen and oxygen atoms in total. The lowest BCUT2D eigenvalue weighted by Gasteiger charge is -2.36. The van der Waals surface area contributed by atoms with Crippen LogP contribution in [-0.4, -0.2) is 42.9 Å². The van der Waals surface area contributed by atoms with E-state index in [1.165, 1.54) is 18.2 Å². The number of halogens is 2. The van der Waals surface area contributed by atoms with Crippen LogP contribution in [0.2, 0.25) is 5.02 Å². The Morgan fingerprint density at radius 2 is 1.67 bits per heavy atom. The Hall–Kier alpha value is -3.64. The Morgan fingerprint density at radius 1 is 0.909 bits per heavy atom. The molecule has 0 unspecified atom stereocenters. The quantitative estimate of drug-likeness (QED) is 0.536. The lowest BCUT2D eigenvalue weighted by Crippen LogP contribution is -2.48. The first-order valence-corrected chi connectivity index (χ1v) is 11.0. The standard InChI is InChI=1S/C26H23ClFN3O2/c27-21-10-11-24(23(18-21)29-26(33)20-7-4-8-22(28)17-20)30-13-15-31(16-14-30)25(32)12-9-19-5-2-1-3-6-19/h1-12,17-18H,13-16H2,(H,29,33)/b12-9+. The van der Waals surface area contributed by atoms with Gasteiger partial charge in [-0.1, -0.05) is 48.0 Å². The summed E-state index contributed by atoms with van der Waals surface area (Å²) in [6, 6.07) is 20.5. The summed E-state index contributed by atoms with van der Waals surface area (Å²) < 4.78 is 13.5. The molecule has 1 fully saturated rings. The fraction of sp³-hybridized carbons (Fsp3) is 0.154. The van der Waals surface area contributed by atoms with Crippen molar-refractivity contribution < 1.29 is 14.0 Å². The minimum absolute atomic E-state index is 0.0331. The first-order valence-electron chi connectivity index (χ1n) is 10.6. The summed E-state index contributed by atoms with van der Waals surface area (Å²) in [5.74, 6) is -0.928. The number of nitrogens with one attached hydrogen (secondary N) is 1. The van der Waals surface area contributed by atoms with Crippen molar-refractivity contribution in [3.05, 3.63) is 101 Å². The highest BCUT2D eigenvalue weighted by atomic mass is 35.5. The Morgan fingerprint density at radius 3 is 2.39 bits per heavy atom.